The number of aliphatic carboxylic acids is 1. The molecule has 0 bridgehead atoms. The van der Waals surface area contributed by atoms with Crippen LogP contribution in [-0.2, 0) is 40.5 Å². The fourth-order valence-electron chi connectivity index (χ4n) is 9.83. The van der Waals surface area contributed by atoms with E-state index in [1.807, 2.05) is 79.7 Å². The van der Waals surface area contributed by atoms with Crippen LogP contribution in [0.2, 0.25) is 0 Å². The van der Waals surface area contributed by atoms with Crippen molar-refractivity contribution in [3.8, 4) is 39.7 Å². The minimum absolute atomic E-state index is 0.0358. The lowest BCUT2D eigenvalue weighted by Gasteiger charge is -2.51. The Morgan fingerprint density at radius 3 is 2.23 bits per heavy atom. The first-order valence-electron chi connectivity index (χ1n) is 25.1. The largest absolute Gasteiger partial charge is 0.492 e. The molecule has 1 spiro atoms. The van der Waals surface area contributed by atoms with Crippen LogP contribution in [0.25, 0.3) is 33.4 Å². The molecule has 23 heteroatoms. The number of amides is 3. The number of benzene rings is 6. The smallest absolute Gasteiger partial charge is 0.352 e. The first-order chi connectivity index (χ1) is 38.6. The number of rotatable bonds is 20. The maximum absolute atomic E-state index is 13.4. The highest BCUT2D eigenvalue weighted by Crippen LogP contribution is 2.62. The number of fused-ring (bicyclic) bond motifs is 3. The molecule has 1 aromatic heterocycles. The lowest BCUT2D eigenvalue weighted by Crippen LogP contribution is -2.71. The van der Waals surface area contributed by atoms with Gasteiger partial charge < -0.3 is 34.4 Å². The molecule has 2 fully saturated rings. The van der Waals surface area contributed by atoms with Crippen molar-refractivity contribution in [2.24, 2.45) is 0 Å². The van der Waals surface area contributed by atoms with Crippen molar-refractivity contribution in [3.05, 3.63) is 203 Å². The molecule has 404 valence electrons. The fraction of sp³-hybridized carbons (Fsp3) is 0.211. The van der Waals surface area contributed by atoms with Crippen LogP contribution >= 0.6 is 11.8 Å². The molecule has 6 aromatic rings. The zero-order chi connectivity index (χ0) is 55.8. The van der Waals surface area contributed by atoms with Crippen molar-refractivity contribution in [1.29, 1.82) is 0 Å². The lowest BCUT2D eigenvalue weighted by molar-refractivity contribution is -0.394. The highest BCUT2D eigenvalue weighted by Gasteiger charge is 2.64. The van der Waals surface area contributed by atoms with Crippen LogP contribution in [0.1, 0.15) is 45.6 Å². The van der Waals surface area contributed by atoms with Crippen molar-refractivity contribution < 1.29 is 52.8 Å². The minimum atomic E-state index is -1.22. The fourth-order valence-corrected chi connectivity index (χ4v) is 11.6. The number of nitrogens with zero attached hydrogens (tertiary/aromatic N) is 6. The van der Waals surface area contributed by atoms with Gasteiger partial charge in [-0.2, -0.15) is 0 Å². The first kappa shape index (κ1) is 52.2. The molecule has 3 N–H and O–H groups in total. The quantitative estimate of drug-likeness (QED) is 0.0284. The summed E-state index contributed by atoms with van der Waals surface area (Å²) in [6.45, 7) is 2.49. The Bertz CT molecular complexity index is 3850. The highest BCUT2D eigenvalue weighted by atomic mass is 32.2. The second-order valence-electron chi connectivity index (χ2n) is 19.3. The van der Waals surface area contributed by atoms with Crippen LogP contribution in [0.4, 0.5) is 11.4 Å². The third kappa shape index (κ3) is 10.7. The van der Waals surface area contributed by atoms with Crippen molar-refractivity contribution >= 4 is 57.8 Å². The second kappa shape index (κ2) is 21.5. The maximum atomic E-state index is 13.4. The van der Waals surface area contributed by atoms with Crippen LogP contribution in [0.15, 0.2) is 154 Å². The SMILES string of the molecule is Cc1cc(OCCn2cc(CNC(=O)c3cc([N+](=O)[O-])cc([N+](=O)[O-])c3)nn2)ccc1-c1c2ccc(=O)cc-2oc2cc(OCc3ccc(OCC4=C(C(=O)O)N5C(=O)[C@@H](NC(=O)Cc6ccccc6)[C@H]5SC45CC5)cc3)ccc12. The average molecular weight is 1100 g/mol. The Morgan fingerprint density at radius 2 is 1.51 bits per heavy atom. The predicted octanol–water partition coefficient (Wildman–Crippen LogP) is 7.76. The van der Waals surface area contributed by atoms with E-state index in [1.54, 1.807) is 30.5 Å². The van der Waals surface area contributed by atoms with Gasteiger partial charge in [-0.25, -0.2) is 9.48 Å². The van der Waals surface area contributed by atoms with Gasteiger partial charge in [-0.1, -0.05) is 53.7 Å². The second-order valence-corrected chi connectivity index (χ2v) is 20.8. The third-order valence-corrected chi connectivity index (χ3v) is 15.8. The number of ether oxygens (including phenoxy) is 3. The average Bonchev–Trinajstić information content (AvgIpc) is 4.17. The van der Waals surface area contributed by atoms with Gasteiger partial charge in [-0.15, -0.1) is 16.9 Å². The number of carbonyl (C=O) groups is 4. The number of aryl methyl sites for hydroxylation is 1. The minimum Gasteiger partial charge on any atom is -0.492 e. The molecular formula is C57H46N8O14S. The predicted molar refractivity (Wildman–Crippen MR) is 289 cm³/mol. The Kier molecular flexibility index (Phi) is 14.0. The van der Waals surface area contributed by atoms with Crippen LogP contribution in [0.5, 0.6) is 17.2 Å². The number of nitrogens with one attached hydrogen (secondary N) is 2. The van der Waals surface area contributed by atoms with Crippen molar-refractivity contribution in [2.75, 3.05) is 13.2 Å². The molecule has 3 amide bonds. The Morgan fingerprint density at radius 1 is 0.812 bits per heavy atom. The number of thioether (sulfide) groups is 1. The van der Waals surface area contributed by atoms with E-state index in [2.05, 4.69) is 20.9 Å². The van der Waals surface area contributed by atoms with E-state index in [1.165, 1.54) is 33.5 Å². The van der Waals surface area contributed by atoms with Gasteiger partial charge in [0.15, 0.2) is 5.43 Å². The van der Waals surface area contributed by atoms with Crippen LogP contribution in [-0.4, -0.2) is 87.9 Å². The summed E-state index contributed by atoms with van der Waals surface area (Å²) in [5.41, 5.74) is 4.61. The van der Waals surface area contributed by atoms with E-state index in [0.717, 1.165) is 69.8 Å². The number of nitro groups is 2. The zero-order valence-corrected chi connectivity index (χ0v) is 43.2. The molecule has 4 heterocycles. The molecule has 80 heavy (non-hydrogen) atoms. The summed E-state index contributed by atoms with van der Waals surface area (Å²) in [4.78, 5) is 86.5. The van der Waals surface area contributed by atoms with Gasteiger partial charge in [0.2, 0.25) is 5.91 Å². The van der Waals surface area contributed by atoms with Gasteiger partial charge in [0.1, 0.15) is 71.2 Å². The summed E-state index contributed by atoms with van der Waals surface area (Å²) in [5, 5.41) is 46.7. The van der Waals surface area contributed by atoms with Crippen LogP contribution in [0.3, 0.4) is 0 Å². The van der Waals surface area contributed by atoms with E-state index in [-0.39, 0.29) is 61.9 Å². The molecule has 5 aliphatic rings. The molecule has 22 nitrogen and oxygen atoms in total. The molecule has 5 aromatic carbocycles. The zero-order valence-electron chi connectivity index (χ0n) is 42.4. The number of carbonyl (C=O) groups excluding carboxylic acids is 3. The van der Waals surface area contributed by atoms with E-state index in [0.29, 0.717) is 39.9 Å². The Balaban J connectivity index is 0.712. The van der Waals surface area contributed by atoms with E-state index >= 15 is 0 Å². The normalized spacial score (nSPS) is 16.0. The number of aromatic nitrogens is 3. The lowest BCUT2D eigenvalue weighted by atomic mass is 9.91. The third-order valence-electron chi connectivity index (χ3n) is 13.9. The number of nitro benzene ring substituents is 2. The summed E-state index contributed by atoms with van der Waals surface area (Å²) in [6.07, 6.45) is 3.14. The van der Waals surface area contributed by atoms with Crippen LogP contribution < -0.4 is 30.3 Å². The van der Waals surface area contributed by atoms with Crippen LogP contribution in [0, 0.1) is 27.2 Å². The number of hydrogen-bond acceptors (Lipinski definition) is 16. The van der Waals surface area contributed by atoms with Crippen molar-refractivity contribution in [3.63, 3.8) is 0 Å². The van der Waals surface area contributed by atoms with Crippen molar-refractivity contribution in [2.45, 2.75) is 62.0 Å². The highest BCUT2D eigenvalue weighted by molar-refractivity contribution is 8.02. The summed E-state index contributed by atoms with van der Waals surface area (Å²) < 4.78 is 25.8. The summed E-state index contributed by atoms with van der Waals surface area (Å²) in [7, 11) is 0. The molecule has 0 unspecified atom stereocenters. The van der Waals surface area contributed by atoms with Gasteiger partial charge in [-0.05, 0) is 90.6 Å². The van der Waals surface area contributed by atoms with Gasteiger partial charge in [0, 0.05) is 51.1 Å². The molecule has 1 saturated heterocycles. The van der Waals surface area contributed by atoms with Crippen molar-refractivity contribution in [1.82, 2.24) is 30.5 Å². The Labute approximate surface area is 457 Å². The van der Waals surface area contributed by atoms with Gasteiger partial charge in [-0.3, -0.25) is 44.3 Å². The van der Waals surface area contributed by atoms with Gasteiger partial charge >= 0.3 is 5.97 Å². The molecule has 3 aliphatic heterocycles. The molecule has 1 saturated carbocycles. The molecule has 11 rings (SSSR count). The summed E-state index contributed by atoms with van der Waals surface area (Å²) in [6, 6.07) is 34.1. The monoisotopic (exact) mass is 1100 g/mol. The van der Waals surface area contributed by atoms with Gasteiger partial charge in [0.05, 0.1) is 47.2 Å². The maximum Gasteiger partial charge on any atom is 0.352 e. The number of non-ortho nitro benzene ring substituents is 2. The van der Waals surface area contributed by atoms with E-state index < -0.39 is 55.2 Å². The Hall–Kier alpha value is -9.90. The topological polar surface area (TPSA) is 291 Å². The van der Waals surface area contributed by atoms with Gasteiger partial charge in [0.25, 0.3) is 23.2 Å². The first-order valence-corrected chi connectivity index (χ1v) is 26.0. The standard InChI is InChI=1S/C57H46N8O14S/c1-32-21-41(76-20-19-62-29-36(60-61-62)28-58-53(68)35-23-37(64(72)73)25-38(24-35)65(74)75)12-15-43(32)50-44-14-9-39(66)26-47(44)79-48-27-42(13-16-45(48)50)77-30-34-7-10-40(11-8-34)78-31-46-52(56(70)71)63-54(69)51(55(63)80-57(46)17-18-57)59-49(67)22-33-5-3-2-4-6-33/h2-16,21,23-27,29,51,55H,17-20,22,28,30-31H2,1H3,(H,58,68)(H,59,67)(H,70,71)/t51-,55-/m1/s1. The van der Waals surface area contributed by atoms with E-state index in [9.17, 15) is 49.3 Å². The molecule has 0 radical (unpaired) electrons. The molecule has 2 atom stereocenters. The number of carboxylic acids is 1. The summed E-state index contributed by atoms with van der Waals surface area (Å²) in [5.74, 6) is -0.780. The van der Waals surface area contributed by atoms with E-state index in [4.69, 9.17) is 18.6 Å². The molecular weight excluding hydrogens is 1050 g/mol. The number of carboxylic acid groups (broad SMARTS) is 1. The number of β-lactam (4-membered cyclic amide) rings is 1. The summed E-state index contributed by atoms with van der Waals surface area (Å²) >= 11 is 1.51. The molecule has 2 aliphatic carbocycles. The number of hydrogen-bond donors (Lipinski definition) is 3.